The molecule has 0 unspecified atom stereocenters. The van der Waals surface area contributed by atoms with Gasteiger partial charge in [0.1, 0.15) is 0 Å². The molecule has 0 spiro atoms. The summed E-state index contributed by atoms with van der Waals surface area (Å²) in [4.78, 5) is 7.51. The topological polar surface area (TPSA) is 73.8 Å². The molecule has 9 heteroatoms. The summed E-state index contributed by atoms with van der Waals surface area (Å²) < 4.78 is 25.4. The second kappa shape index (κ2) is 10.6. The molecule has 1 aromatic rings. The summed E-state index contributed by atoms with van der Waals surface area (Å²) in [6.07, 6.45) is 3.22. The normalized spacial score (nSPS) is 12.5. The molecule has 0 bridgehead atoms. The molecule has 0 radical (unpaired) electrons. The van der Waals surface area contributed by atoms with Crippen molar-refractivity contribution in [3.8, 4) is 0 Å². The number of thioether (sulfide) groups is 1. The second-order valence-electron chi connectivity index (χ2n) is 6.36. The van der Waals surface area contributed by atoms with Crippen LogP contribution in [-0.2, 0) is 16.6 Å². The number of benzene rings is 1. The molecule has 0 heterocycles. The van der Waals surface area contributed by atoms with E-state index in [1.165, 1.54) is 10.5 Å². The number of sulfonamides is 1. The van der Waals surface area contributed by atoms with Gasteiger partial charge in [0.05, 0.1) is 6.26 Å². The third-order valence-electron chi connectivity index (χ3n) is 3.30. The smallest absolute Gasteiger partial charge is 0.209 e. The van der Waals surface area contributed by atoms with Gasteiger partial charge in [-0.05, 0) is 37.8 Å². The van der Waals surface area contributed by atoms with Crippen LogP contribution in [0.25, 0.3) is 0 Å². The Morgan fingerprint density at radius 2 is 1.84 bits per heavy atom. The van der Waals surface area contributed by atoms with Gasteiger partial charge in [-0.3, -0.25) is 4.99 Å². The summed E-state index contributed by atoms with van der Waals surface area (Å²) in [7, 11) is 0.411. The minimum absolute atomic E-state index is 0. The molecular formula is C16H29IN4O2S2. The fraction of sp³-hybridized carbons (Fsp3) is 0.562. The Hall–Kier alpha value is -0.520. The monoisotopic (exact) mass is 500 g/mol. The first kappa shape index (κ1) is 24.5. The molecule has 0 fully saturated rings. The number of hydrogen-bond donors (Lipinski definition) is 2. The Labute approximate surface area is 173 Å². The van der Waals surface area contributed by atoms with Crippen molar-refractivity contribution in [3.05, 3.63) is 29.8 Å². The molecule has 1 rings (SSSR count). The van der Waals surface area contributed by atoms with Crippen LogP contribution in [-0.4, -0.2) is 58.0 Å². The van der Waals surface area contributed by atoms with Crippen LogP contribution in [0.5, 0.6) is 0 Å². The van der Waals surface area contributed by atoms with Gasteiger partial charge in [-0.15, -0.1) is 35.7 Å². The van der Waals surface area contributed by atoms with Crippen molar-refractivity contribution >= 4 is 51.7 Å². The average molecular weight is 500 g/mol. The molecule has 0 atom stereocenters. The third kappa shape index (κ3) is 9.66. The maximum atomic E-state index is 11.4. The first-order chi connectivity index (χ1) is 11.1. The fourth-order valence-corrected chi connectivity index (χ4v) is 3.79. The number of nitrogens with one attached hydrogen (secondary N) is 2. The quantitative estimate of drug-likeness (QED) is 0.260. The average Bonchev–Trinajstić information content (AvgIpc) is 2.46. The standard InChI is InChI=1S/C16H28N4O2S2.HI/c1-16(2,19-24(6,21)22)12-18-15(17-3)20(4)11-13-7-9-14(23-5)10-8-13;/h7-10,19H,11-12H2,1-6H3,(H,17,18);1H. The highest BCUT2D eigenvalue weighted by molar-refractivity contribution is 14.0. The number of rotatable bonds is 7. The molecular weight excluding hydrogens is 471 g/mol. The summed E-state index contributed by atoms with van der Waals surface area (Å²) in [6, 6.07) is 8.40. The summed E-state index contributed by atoms with van der Waals surface area (Å²) in [6.45, 7) is 4.81. The summed E-state index contributed by atoms with van der Waals surface area (Å²) in [5.74, 6) is 0.715. The SMILES string of the molecule is CN=C(NCC(C)(C)NS(C)(=O)=O)N(C)Cc1ccc(SC)cc1.I. The third-order valence-corrected chi connectivity index (χ3v) is 4.97. The Morgan fingerprint density at radius 3 is 2.28 bits per heavy atom. The zero-order valence-electron chi connectivity index (χ0n) is 15.7. The van der Waals surface area contributed by atoms with E-state index in [9.17, 15) is 8.42 Å². The lowest BCUT2D eigenvalue weighted by Gasteiger charge is -2.29. The highest BCUT2D eigenvalue weighted by atomic mass is 127. The minimum atomic E-state index is -3.26. The van der Waals surface area contributed by atoms with Gasteiger partial charge in [-0.25, -0.2) is 13.1 Å². The maximum Gasteiger partial charge on any atom is 0.209 e. The van der Waals surface area contributed by atoms with E-state index in [1.807, 2.05) is 25.8 Å². The van der Waals surface area contributed by atoms with Gasteiger partial charge in [0.25, 0.3) is 0 Å². The molecule has 0 saturated heterocycles. The second-order valence-corrected chi connectivity index (χ2v) is 8.99. The van der Waals surface area contributed by atoms with Gasteiger partial charge in [0, 0.05) is 37.6 Å². The van der Waals surface area contributed by atoms with Crippen LogP contribution >= 0.6 is 35.7 Å². The molecule has 6 nitrogen and oxygen atoms in total. The van der Waals surface area contributed by atoms with Crippen LogP contribution in [0.1, 0.15) is 19.4 Å². The highest BCUT2D eigenvalue weighted by Crippen LogP contribution is 2.15. The fourth-order valence-electron chi connectivity index (χ4n) is 2.30. The first-order valence-corrected chi connectivity index (χ1v) is 10.7. The van der Waals surface area contributed by atoms with Gasteiger partial charge < -0.3 is 10.2 Å². The zero-order valence-corrected chi connectivity index (χ0v) is 19.6. The number of aliphatic imine (C=N–C) groups is 1. The summed E-state index contributed by atoms with van der Waals surface area (Å²) in [5.41, 5.74) is 0.580. The maximum absolute atomic E-state index is 11.4. The van der Waals surface area contributed by atoms with Crippen molar-refractivity contribution in [1.82, 2.24) is 14.9 Å². The molecule has 0 aromatic heterocycles. The van der Waals surface area contributed by atoms with Crippen molar-refractivity contribution in [2.75, 3.05) is 33.2 Å². The lowest BCUT2D eigenvalue weighted by molar-refractivity contribution is 0.422. The van der Waals surface area contributed by atoms with Crippen molar-refractivity contribution in [3.63, 3.8) is 0 Å². The molecule has 1 aromatic carbocycles. The molecule has 2 N–H and O–H groups in total. The Bertz CT molecular complexity index is 661. The largest absolute Gasteiger partial charge is 0.354 e. The van der Waals surface area contributed by atoms with Gasteiger partial charge in [-0.1, -0.05) is 12.1 Å². The van der Waals surface area contributed by atoms with Crippen molar-refractivity contribution in [1.29, 1.82) is 0 Å². The predicted molar refractivity (Wildman–Crippen MR) is 119 cm³/mol. The Morgan fingerprint density at radius 1 is 1.28 bits per heavy atom. The van der Waals surface area contributed by atoms with Crippen LogP contribution < -0.4 is 10.0 Å². The van der Waals surface area contributed by atoms with Crippen LogP contribution in [0, 0.1) is 0 Å². The number of nitrogens with zero attached hydrogens (tertiary/aromatic N) is 2. The molecule has 25 heavy (non-hydrogen) atoms. The van der Waals surface area contributed by atoms with Crippen LogP contribution in [0.15, 0.2) is 34.2 Å². The minimum Gasteiger partial charge on any atom is -0.354 e. The van der Waals surface area contributed by atoms with Crippen LogP contribution in [0.4, 0.5) is 0 Å². The molecule has 0 aliphatic carbocycles. The van der Waals surface area contributed by atoms with Crippen LogP contribution in [0.2, 0.25) is 0 Å². The van der Waals surface area contributed by atoms with Gasteiger partial charge in [0.15, 0.2) is 5.96 Å². The van der Waals surface area contributed by atoms with Gasteiger partial charge >= 0.3 is 0 Å². The lowest BCUT2D eigenvalue weighted by atomic mass is 10.1. The van der Waals surface area contributed by atoms with Crippen molar-refractivity contribution in [2.45, 2.75) is 30.8 Å². The van der Waals surface area contributed by atoms with Crippen LogP contribution in [0.3, 0.4) is 0 Å². The van der Waals surface area contributed by atoms with E-state index in [0.29, 0.717) is 19.0 Å². The summed E-state index contributed by atoms with van der Waals surface area (Å²) in [5, 5.41) is 3.22. The Balaban J connectivity index is 0.00000576. The van der Waals surface area contributed by atoms with E-state index >= 15 is 0 Å². The van der Waals surface area contributed by atoms with E-state index in [1.54, 1.807) is 18.8 Å². The molecule has 144 valence electrons. The zero-order chi connectivity index (χ0) is 18.4. The van der Waals surface area contributed by atoms with E-state index in [4.69, 9.17) is 0 Å². The number of hydrogen-bond acceptors (Lipinski definition) is 4. The molecule has 0 amide bonds. The molecule has 0 aliphatic rings. The number of halogens is 1. The predicted octanol–water partition coefficient (Wildman–Crippen LogP) is 2.36. The Kier molecular flexibility index (Phi) is 10.4. The molecule has 0 saturated carbocycles. The molecule has 0 aliphatic heterocycles. The lowest BCUT2D eigenvalue weighted by Crippen LogP contribution is -2.53. The first-order valence-electron chi connectivity index (χ1n) is 7.60. The van der Waals surface area contributed by atoms with E-state index in [-0.39, 0.29) is 24.0 Å². The summed E-state index contributed by atoms with van der Waals surface area (Å²) >= 11 is 1.72. The van der Waals surface area contributed by atoms with E-state index in [0.717, 1.165) is 6.26 Å². The number of guanidine groups is 1. The van der Waals surface area contributed by atoms with E-state index < -0.39 is 15.6 Å². The van der Waals surface area contributed by atoms with Crippen molar-refractivity contribution < 1.29 is 8.42 Å². The van der Waals surface area contributed by atoms with Crippen molar-refractivity contribution in [2.24, 2.45) is 4.99 Å². The van der Waals surface area contributed by atoms with Gasteiger partial charge in [-0.2, -0.15) is 0 Å². The van der Waals surface area contributed by atoms with E-state index in [2.05, 4.69) is 45.6 Å². The highest BCUT2D eigenvalue weighted by Gasteiger charge is 2.22. The van der Waals surface area contributed by atoms with Gasteiger partial charge in [0.2, 0.25) is 10.0 Å².